The molecule has 2 aromatic rings. The molecule has 2 aromatic carbocycles. The summed E-state index contributed by atoms with van der Waals surface area (Å²) in [7, 11) is 3.17. The maximum Gasteiger partial charge on any atom is 0.238 e. The lowest BCUT2D eigenvalue weighted by atomic mass is 10.2. The minimum absolute atomic E-state index is 0.0869. The zero-order valence-corrected chi connectivity index (χ0v) is 15.3. The van der Waals surface area contributed by atoms with Crippen LogP contribution in [0.1, 0.15) is 19.4 Å². The number of rotatable bonds is 8. The van der Waals surface area contributed by atoms with Crippen molar-refractivity contribution in [2.75, 3.05) is 26.1 Å². The van der Waals surface area contributed by atoms with Crippen LogP contribution in [0.2, 0.25) is 0 Å². The molecule has 5 heteroatoms. The monoisotopic (exact) mass is 342 g/mol. The molecule has 0 aromatic heterocycles. The van der Waals surface area contributed by atoms with Gasteiger partial charge in [0, 0.05) is 18.7 Å². The van der Waals surface area contributed by atoms with Crippen molar-refractivity contribution in [3.63, 3.8) is 0 Å². The van der Waals surface area contributed by atoms with E-state index in [1.54, 1.807) is 32.4 Å². The molecule has 0 bridgehead atoms. The maximum absolute atomic E-state index is 12.5. The summed E-state index contributed by atoms with van der Waals surface area (Å²) in [6.07, 6.45) is 0. The Morgan fingerprint density at radius 2 is 1.80 bits per heavy atom. The number of nitrogens with zero attached hydrogens (tertiary/aromatic N) is 1. The quantitative estimate of drug-likeness (QED) is 0.797. The average Bonchev–Trinajstić information content (AvgIpc) is 2.61. The van der Waals surface area contributed by atoms with Crippen LogP contribution in [0.4, 0.5) is 5.69 Å². The predicted molar refractivity (Wildman–Crippen MR) is 100 cm³/mol. The number of carbonyl (C=O) groups excluding carboxylic acids is 1. The van der Waals surface area contributed by atoms with Crippen molar-refractivity contribution in [3.8, 4) is 11.5 Å². The average molecular weight is 342 g/mol. The van der Waals surface area contributed by atoms with Gasteiger partial charge in [0.05, 0.1) is 26.5 Å². The Morgan fingerprint density at radius 3 is 2.40 bits per heavy atom. The molecule has 0 unspecified atom stereocenters. The maximum atomic E-state index is 12.5. The molecule has 1 N–H and O–H groups in total. The van der Waals surface area contributed by atoms with Crippen molar-refractivity contribution in [1.29, 1.82) is 0 Å². The van der Waals surface area contributed by atoms with Crippen molar-refractivity contribution in [3.05, 3.63) is 54.1 Å². The molecule has 25 heavy (non-hydrogen) atoms. The molecule has 0 atom stereocenters. The largest absolute Gasteiger partial charge is 0.497 e. The fourth-order valence-corrected chi connectivity index (χ4v) is 2.52. The van der Waals surface area contributed by atoms with Crippen molar-refractivity contribution in [2.45, 2.75) is 26.4 Å². The molecular formula is C20H26N2O3. The molecule has 0 fully saturated rings. The highest BCUT2D eigenvalue weighted by atomic mass is 16.5. The van der Waals surface area contributed by atoms with Gasteiger partial charge in [0.25, 0.3) is 0 Å². The third kappa shape index (κ3) is 5.50. The van der Waals surface area contributed by atoms with E-state index in [9.17, 15) is 4.79 Å². The molecule has 2 rings (SSSR count). The van der Waals surface area contributed by atoms with Crippen LogP contribution < -0.4 is 14.8 Å². The van der Waals surface area contributed by atoms with Gasteiger partial charge in [-0.1, -0.05) is 30.3 Å². The zero-order chi connectivity index (χ0) is 18.2. The number of amides is 1. The summed E-state index contributed by atoms with van der Waals surface area (Å²) >= 11 is 0. The van der Waals surface area contributed by atoms with Gasteiger partial charge in [-0.25, -0.2) is 0 Å². The second kappa shape index (κ2) is 9.08. The van der Waals surface area contributed by atoms with Gasteiger partial charge in [-0.15, -0.1) is 0 Å². The third-order valence-corrected chi connectivity index (χ3v) is 3.99. The molecule has 0 saturated carbocycles. The number of hydrogen-bond acceptors (Lipinski definition) is 4. The van der Waals surface area contributed by atoms with E-state index in [0.717, 1.165) is 6.54 Å². The SMILES string of the molecule is COc1ccc(OC)c(NC(=O)CN(Cc2ccccc2)C(C)C)c1. The molecule has 134 valence electrons. The van der Waals surface area contributed by atoms with E-state index in [1.807, 2.05) is 18.2 Å². The molecular weight excluding hydrogens is 316 g/mol. The van der Waals surface area contributed by atoms with E-state index in [2.05, 4.69) is 36.2 Å². The second-order valence-electron chi connectivity index (χ2n) is 6.10. The Kier molecular flexibility index (Phi) is 6.83. The van der Waals surface area contributed by atoms with Crippen molar-refractivity contribution < 1.29 is 14.3 Å². The summed E-state index contributed by atoms with van der Waals surface area (Å²) in [4.78, 5) is 14.7. The number of methoxy groups -OCH3 is 2. The summed E-state index contributed by atoms with van der Waals surface area (Å²) in [5.41, 5.74) is 1.79. The first-order valence-electron chi connectivity index (χ1n) is 8.33. The summed E-state index contributed by atoms with van der Waals surface area (Å²) in [6.45, 7) is 5.19. The minimum Gasteiger partial charge on any atom is -0.497 e. The van der Waals surface area contributed by atoms with Gasteiger partial charge in [0.2, 0.25) is 5.91 Å². The summed E-state index contributed by atoms with van der Waals surface area (Å²) < 4.78 is 10.5. The number of hydrogen-bond donors (Lipinski definition) is 1. The third-order valence-electron chi connectivity index (χ3n) is 3.99. The van der Waals surface area contributed by atoms with Crippen LogP contribution in [0.5, 0.6) is 11.5 Å². The topological polar surface area (TPSA) is 50.8 Å². The highest BCUT2D eigenvalue weighted by Crippen LogP contribution is 2.28. The molecule has 0 aliphatic carbocycles. The van der Waals surface area contributed by atoms with E-state index < -0.39 is 0 Å². The van der Waals surface area contributed by atoms with Gasteiger partial charge in [0.15, 0.2) is 0 Å². The second-order valence-corrected chi connectivity index (χ2v) is 6.10. The van der Waals surface area contributed by atoms with Gasteiger partial charge >= 0.3 is 0 Å². The van der Waals surface area contributed by atoms with Gasteiger partial charge in [-0.2, -0.15) is 0 Å². The highest BCUT2D eigenvalue weighted by molar-refractivity contribution is 5.94. The number of ether oxygens (including phenoxy) is 2. The van der Waals surface area contributed by atoms with Crippen LogP contribution in [-0.4, -0.2) is 37.6 Å². The summed E-state index contributed by atoms with van der Waals surface area (Å²) in [6, 6.07) is 15.7. The van der Waals surface area contributed by atoms with E-state index in [4.69, 9.17) is 9.47 Å². The van der Waals surface area contributed by atoms with Crippen molar-refractivity contribution in [1.82, 2.24) is 4.90 Å². The van der Waals surface area contributed by atoms with Crippen molar-refractivity contribution in [2.24, 2.45) is 0 Å². The van der Waals surface area contributed by atoms with E-state index in [1.165, 1.54) is 5.56 Å². The fraction of sp³-hybridized carbons (Fsp3) is 0.350. The molecule has 0 aliphatic heterocycles. The predicted octanol–water partition coefficient (Wildman–Crippen LogP) is 3.55. The first-order chi connectivity index (χ1) is 12.0. The Bertz CT molecular complexity index is 687. The van der Waals surface area contributed by atoms with Crippen molar-refractivity contribution >= 4 is 11.6 Å². The Morgan fingerprint density at radius 1 is 1.08 bits per heavy atom. The van der Waals surface area contributed by atoms with Crippen LogP contribution in [0.15, 0.2) is 48.5 Å². The number of nitrogens with one attached hydrogen (secondary N) is 1. The van der Waals surface area contributed by atoms with E-state index in [-0.39, 0.29) is 11.9 Å². The van der Waals surface area contributed by atoms with Gasteiger partial charge in [-0.3, -0.25) is 9.69 Å². The number of anilines is 1. The first kappa shape index (κ1) is 18.8. The zero-order valence-electron chi connectivity index (χ0n) is 15.3. The lowest BCUT2D eigenvalue weighted by Gasteiger charge is -2.26. The molecule has 0 saturated heterocycles. The van der Waals surface area contributed by atoms with Gasteiger partial charge < -0.3 is 14.8 Å². The van der Waals surface area contributed by atoms with E-state index in [0.29, 0.717) is 23.7 Å². The normalized spacial score (nSPS) is 10.8. The Labute approximate surface area is 149 Å². The van der Waals surface area contributed by atoms with Crippen LogP contribution in [0.3, 0.4) is 0 Å². The smallest absolute Gasteiger partial charge is 0.238 e. The molecule has 0 spiro atoms. The van der Waals surface area contributed by atoms with Crippen LogP contribution >= 0.6 is 0 Å². The lowest BCUT2D eigenvalue weighted by molar-refractivity contribution is -0.117. The lowest BCUT2D eigenvalue weighted by Crippen LogP contribution is -2.37. The molecule has 5 nitrogen and oxygen atoms in total. The van der Waals surface area contributed by atoms with Crippen LogP contribution in [0.25, 0.3) is 0 Å². The minimum atomic E-state index is -0.0869. The van der Waals surface area contributed by atoms with Crippen LogP contribution in [0, 0.1) is 0 Å². The number of carbonyl (C=O) groups is 1. The first-order valence-corrected chi connectivity index (χ1v) is 8.33. The number of benzene rings is 2. The molecule has 1 amide bonds. The van der Waals surface area contributed by atoms with Gasteiger partial charge in [0.1, 0.15) is 11.5 Å². The molecule has 0 radical (unpaired) electrons. The standard InChI is InChI=1S/C20H26N2O3/c1-15(2)22(13-16-8-6-5-7-9-16)14-20(23)21-18-12-17(24-3)10-11-19(18)25-4/h5-12,15H,13-14H2,1-4H3,(H,21,23). The van der Waals surface area contributed by atoms with E-state index >= 15 is 0 Å². The van der Waals surface area contributed by atoms with Gasteiger partial charge in [-0.05, 0) is 31.5 Å². The Balaban J connectivity index is 2.06. The highest BCUT2D eigenvalue weighted by Gasteiger charge is 2.16. The molecule has 0 aliphatic rings. The van der Waals surface area contributed by atoms with Crippen LogP contribution in [-0.2, 0) is 11.3 Å². The Hall–Kier alpha value is -2.53. The fourth-order valence-electron chi connectivity index (χ4n) is 2.52. The summed E-state index contributed by atoms with van der Waals surface area (Å²) in [5.74, 6) is 1.19. The summed E-state index contributed by atoms with van der Waals surface area (Å²) in [5, 5.41) is 2.92. The molecule has 0 heterocycles.